The second-order valence-electron chi connectivity index (χ2n) is 11.0. The van der Waals surface area contributed by atoms with Crippen molar-refractivity contribution in [2.75, 3.05) is 0 Å². The van der Waals surface area contributed by atoms with Crippen molar-refractivity contribution in [3.63, 3.8) is 0 Å². The van der Waals surface area contributed by atoms with Gasteiger partial charge in [-0.3, -0.25) is 4.79 Å². The van der Waals surface area contributed by atoms with Gasteiger partial charge in [-0.2, -0.15) is 0 Å². The summed E-state index contributed by atoms with van der Waals surface area (Å²) >= 11 is 0. The maximum Gasteiger partial charge on any atom is 0.136 e. The van der Waals surface area contributed by atoms with Gasteiger partial charge in [0.15, 0.2) is 0 Å². The van der Waals surface area contributed by atoms with Gasteiger partial charge in [-0.15, -0.1) is 0 Å². The first-order chi connectivity index (χ1) is 14.1. The summed E-state index contributed by atoms with van der Waals surface area (Å²) < 4.78 is 0. The fourth-order valence-corrected chi connectivity index (χ4v) is 6.80. The van der Waals surface area contributed by atoms with Gasteiger partial charge in [-0.1, -0.05) is 53.0 Å². The molecule has 3 heteroatoms. The zero-order chi connectivity index (χ0) is 22.1. The molecule has 3 nitrogen and oxygen atoms in total. The number of carbonyl (C=O) groups excluding carboxylic acids is 1. The molecule has 2 N–H and O–H groups in total. The first-order valence-electron chi connectivity index (χ1n) is 12.1. The SMILES string of the molecule is Cc1ccc(O)cc1CC[C@@H]1C(=O)CC[C@@]2(C)[C@H]1C[C@H](O)[C@@H]2C(C)CCCC(C)C. The molecule has 0 aliphatic heterocycles. The third kappa shape index (κ3) is 4.77. The van der Waals surface area contributed by atoms with E-state index in [1.807, 2.05) is 12.1 Å². The largest absolute Gasteiger partial charge is 0.508 e. The van der Waals surface area contributed by atoms with Crippen LogP contribution in [0.5, 0.6) is 5.75 Å². The van der Waals surface area contributed by atoms with Crippen LogP contribution in [0.15, 0.2) is 18.2 Å². The van der Waals surface area contributed by atoms with Crippen LogP contribution < -0.4 is 0 Å². The Kier molecular flexibility index (Phi) is 7.32. The van der Waals surface area contributed by atoms with Gasteiger partial charge in [0.2, 0.25) is 0 Å². The number of phenols is 1. The van der Waals surface area contributed by atoms with Gasteiger partial charge in [0, 0.05) is 12.3 Å². The van der Waals surface area contributed by atoms with Crippen LogP contribution in [-0.2, 0) is 11.2 Å². The van der Waals surface area contributed by atoms with E-state index in [0.29, 0.717) is 29.8 Å². The Labute approximate surface area is 183 Å². The van der Waals surface area contributed by atoms with Gasteiger partial charge in [0.05, 0.1) is 6.10 Å². The molecule has 0 spiro atoms. The molecule has 0 amide bonds. The third-order valence-electron chi connectivity index (χ3n) is 8.44. The van der Waals surface area contributed by atoms with E-state index in [9.17, 15) is 15.0 Å². The van der Waals surface area contributed by atoms with Crippen LogP contribution in [0.25, 0.3) is 0 Å². The number of ketones is 1. The van der Waals surface area contributed by atoms with E-state index in [2.05, 4.69) is 34.6 Å². The third-order valence-corrected chi connectivity index (χ3v) is 8.44. The van der Waals surface area contributed by atoms with Gasteiger partial charge in [-0.05, 0) is 85.0 Å². The van der Waals surface area contributed by atoms with Crippen molar-refractivity contribution in [2.45, 2.75) is 92.1 Å². The highest BCUT2D eigenvalue weighted by Gasteiger charge is 2.58. The molecular formula is C27H42O3. The predicted octanol–water partition coefficient (Wildman–Crippen LogP) is 6.08. The highest BCUT2D eigenvalue weighted by Crippen LogP contribution is 2.60. The predicted molar refractivity (Wildman–Crippen MR) is 122 cm³/mol. The number of aromatic hydroxyl groups is 1. The van der Waals surface area contributed by atoms with Crippen LogP contribution in [0, 0.1) is 41.9 Å². The van der Waals surface area contributed by atoms with Gasteiger partial charge < -0.3 is 10.2 Å². The number of hydrogen-bond acceptors (Lipinski definition) is 3. The summed E-state index contributed by atoms with van der Waals surface area (Å²) in [5, 5.41) is 20.9. The summed E-state index contributed by atoms with van der Waals surface area (Å²) in [5.74, 6) is 2.52. The van der Waals surface area contributed by atoms with E-state index in [1.54, 1.807) is 6.07 Å². The minimum Gasteiger partial charge on any atom is -0.508 e. The van der Waals surface area contributed by atoms with Crippen LogP contribution in [0.1, 0.15) is 83.8 Å². The fraction of sp³-hybridized carbons (Fsp3) is 0.741. The summed E-state index contributed by atoms with van der Waals surface area (Å²) in [5.41, 5.74) is 2.36. The molecule has 0 aromatic heterocycles. The normalized spacial score (nSPS) is 32.4. The first kappa shape index (κ1) is 23.3. The van der Waals surface area contributed by atoms with Crippen molar-refractivity contribution in [1.29, 1.82) is 0 Å². The number of hydrogen-bond donors (Lipinski definition) is 2. The minimum atomic E-state index is -0.287. The molecule has 0 heterocycles. The molecule has 168 valence electrons. The molecule has 1 unspecified atom stereocenters. The molecule has 2 aliphatic rings. The Morgan fingerprint density at radius 3 is 2.63 bits per heavy atom. The molecule has 1 aromatic carbocycles. The molecule has 0 saturated heterocycles. The van der Waals surface area contributed by atoms with Crippen LogP contribution >= 0.6 is 0 Å². The van der Waals surface area contributed by atoms with Crippen molar-refractivity contribution >= 4 is 5.78 Å². The zero-order valence-electron chi connectivity index (χ0n) is 19.7. The highest BCUT2D eigenvalue weighted by atomic mass is 16.3. The number of rotatable bonds is 8. The number of Topliss-reactive ketones (excluding diaryl/α,β-unsaturated/α-hetero) is 1. The number of phenolic OH excluding ortho intramolecular Hbond substituents is 1. The maximum absolute atomic E-state index is 13.0. The number of fused-ring (bicyclic) bond motifs is 1. The molecule has 0 radical (unpaired) electrons. The number of carbonyl (C=O) groups is 1. The van der Waals surface area contributed by atoms with Crippen molar-refractivity contribution in [2.24, 2.45) is 35.0 Å². The van der Waals surface area contributed by atoms with Crippen molar-refractivity contribution in [3.05, 3.63) is 29.3 Å². The van der Waals surface area contributed by atoms with Crippen LogP contribution in [0.2, 0.25) is 0 Å². The van der Waals surface area contributed by atoms with Crippen LogP contribution in [0.3, 0.4) is 0 Å². The van der Waals surface area contributed by atoms with Crippen molar-refractivity contribution < 1.29 is 15.0 Å². The molecule has 0 bridgehead atoms. The molecule has 3 rings (SSSR count). The monoisotopic (exact) mass is 414 g/mol. The molecule has 2 aliphatic carbocycles. The lowest BCUT2D eigenvalue weighted by atomic mass is 9.58. The Morgan fingerprint density at radius 2 is 1.93 bits per heavy atom. The van der Waals surface area contributed by atoms with E-state index in [1.165, 1.54) is 24.8 Å². The minimum absolute atomic E-state index is 0.0352. The van der Waals surface area contributed by atoms with E-state index in [0.717, 1.165) is 37.2 Å². The standard InChI is InChI=1S/C27H42O3/c1-17(2)7-6-8-19(4)26-25(30)16-23-22(24(29)13-14-27(23,26)5)12-10-20-15-21(28)11-9-18(20)3/h9,11,15,17,19,22-23,25-26,28,30H,6-8,10,12-14,16H2,1-5H3/t19?,22-,23-,25-,26-,27-/m0/s1. The van der Waals surface area contributed by atoms with E-state index >= 15 is 0 Å². The first-order valence-corrected chi connectivity index (χ1v) is 12.1. The van der Waals surface area contributed by atoms with E-state index in [4.69, 9.17) is 0 Å². The maximum atomic E-state index is 13.0. The summed E-state index contributed by atoms with van der Waals surface area (Å²) in [7, 11) is 0. The molecule has 2 saturated carbocycles. The summed E-state index contributed by atoms with van der Waals surface area (Å²) in [6, 6.07) is 5.51. The summed E-state index contributed by atoms with van der Waals surface area (Å²) in [6.45, 7) is 11.3. The second-order valence-corrected chi connectivity index (χ2v) is 11.0. The highest BCUT2D eigenvalue weighted by molar-refractivity contribution is 5.82. The lowest BCUT2D eigenvalue weighted by Crippen LogP contribution is -2.44. The smallest absolute Gasteiger partial charge is 0.136 e. The zero-order valence-corrected chi connectivity index (χ0v) is 19.7. The molecule has 1 aromatic rings. The lowest BCUT2D eigenvalue weighted by molar-refractivity contribution is -0.132. The summed E-state index contributed by atoms with van der Waals surface area (Å²) in [4.78, 5) is 13.0. The second kappa shape index (κ2) is 9.42. The van der Waals surface area contributed by atoms with E-state index in [-0.39, 0.29) is 23.4 Å². The number of aliphatic hydroxyl groups excluding tert-OH is 1. The van der Waals surface area contributed by atoms with Crippen LogP contribution in [0.4, 0.5) is 0 Å². The fourth-order valence-electron chi connectivity index (χ4n) is 6.80. The molecule has 30 heavy (non-hydrogen) atoms. The van der Waals surface area contributed by atoms with Gasteiger partial charge in [0.1, 0.15) is 11.5 Å². The Bertz CT molecular complexity index is 740. The summed E-state index contributed by atoms with van der Waals surface area (Å²) in [6.07, 6.45) is 7.34. The number of aryl methyl sites for hydroxylation is 2. The van der Waals surface area contributed by atoms with E-state index < -0.39 is 0 Å². The number of benzene rings is 1. The topological polar surface area (TPSA) is 57.5 Å². The Hall–Kier alpha value is -1.35. The van der Waals surface area contributed by atoms with Gasteiger partial charge in [0.25, 0.3) is 0 Å². The Morgan fingerprint density at radius 1 is 1.20 bits per heavy atom. The number of aliphatic hydroxyl groups is 1. The lowest BCUT2D eigenvalue weighted by Gasteiger charge is -2.46. The average molecular weight is 415 g/mol. The molecular weight excluding hydrogens is 372 g/mol. The average Bonchev–Trinajstić information content (AvgIpc) is 2.94. The van der Waals surface area contributed by atoms with Crippen LogP contribution in [-0.4, -0.2) is 22.1 Å². The Balaban J connectivity index is 1.73. The van der Waals surface area contributed by atoms with Gasteiger partial charge >= 0.3 is 0 Å². The van der Waals surface area contributed by atoms with Crippen molar-refractivity contribution in [1.82, 2.24) is 0 Å². The van der Waals surface area contributed by atoms with Gasteiger partial charge in [-0.25, -0.2) is 0 Å². The molecule has 6 atom stereocenters. The molecule has 2 fully saturated rings. The van der Waals surface area contributed by atoms with Crippen molar-refractivity contribution in [3.8, 4) is 5.75 Å². The quantitative estimate of drug-likeness (QED) is 0.542.